The Morgan fingerprint density at radius 1 is 1.21 bits per heavy atom. The predicted octanol–water partition coefficient (Wildman–Crippen LogP) is 4.12. The van der Waals surface area contributed by atoms with Crippen LogP contribution in [0.2, 0.25) is 0 Å². The summed E-state index contributed by atoms with van der Waals surface area (Å²) >= 11 is 1.71. The average Bonchev–Trinajstić information content (AvgIpc) is 3.23. The Hall–Kier alpha value is -2.44. The fraction of sp³-hybridized carbons (Fsp3) is 0.364. The molecule has 6 heteroatoms. The Bertz CT molecular complexity index is 1020. The van der Waals surface area contributed by atoms with Gasteiger partial charge in [0.1, 0.15) is 5.58 Å². The number of nitrogens with one attached hydrogen (secondary N) is 1. The maximum atomic E-state index is 12.7. The van der Waals surface area contributed by atoms with Crippen molar-refractivity contribution in [3.8, 4) is 0 Å². The van der Waals surface area contributed by atoms with Gasteiger partial charge in [-0.1, -0.05) is 18.6 Å². The minimum atomic E-state index is -0.348. The summed E-state index contributed by atoms with van der Waals surface area (Å²) in [5.41, 5.74) is 1.23. The Balaban J connectivity index is 1.53. The van der Waals surface area contributed by atoms with Gasteiger partial charge in [0.15, 0.2) is 11.2 Å². The van der Waals surface area contributed by atoms with Crippen molar-refractivity contribution in [1.82, 2.24) is 10.2 Å². The molecular weight excluding hydrogens is 372 g/mol. The lowest BCUT2D eigenvalue weighted by atomic mass is 10.1. The van der Waals surface area contributed by atoms with E-state index in [1.54, 1.807) is 23.5 Å². The Morgan fingerprint density at radius 3 is 2.79 bits per heavy atom. The van der Waals surface area contributed by atoms with Gasteiger partial charge in [0.2, 0.25) is 0 Å². The molecule has 0 bridgehead atoms. The number of carbonyl (C=O) groups excluding carboxylic acids is 1. The molecule has 28 heavy (non-hydrogen) atoms. The minimum Gasteiger partial charge on any atom is -0.451 e. The van der Waals surface area contributed by atoms with Crippen molar-refractivity contribution in [1.29, 1.82) is 0 Å². The van der Waals surface area contributed by atoms with E-state index in [9.17, 15) is 9.59 Å². The van der Waals surface area contributed by atoms with Gasteiger partial charge in [0.05, 0.1) is 11.4 Å². The summed E-state index contributed by atoms with van der Waals surface area (Å²) in [6, 6.07) is 11.0. The first kappa shape index (κ1) is 18.9. The molecule has 0 spiro atoms. The van der Waals surface area contributed by atoms with Crippen molar-refractivity contribution in [3.63, 3.8) is 0 Å². The van der Waals surface area contributed by atoms with Crippen LogP contribution >= 0.6 is 11.3 Å². The zero-order valence-corrected chi connectivity index (χ0v) is 16.8. The first-order valence-corrected chi connectivity index (χ1v) is 10.6. The monoisotopic (exact) mass is 396 g/mol. The van der Waals surface area contributed by atoms with E-state index in [0.717, 1.165) is 18.7 Å². The maximum absolute atomic E-state index is 12.7. The summed E-state index contributed by atoms with van der Waals surface area (Å²) < 4.78 is 5.73. The zero-order chi connectivity index (χ0) is 19.5. The van der Waals surface area contributed by atoms with Crippen LogP contribution in [0.15, 0.2) is 51.0 Å². The third-order valence-electron chi connectivity index (χ3n) is 5.27. The van der Waals surface area contributed by atoms with Gasteiger partial charge in [0.25, 0.3) is 5.91 Å². The topological polar surface area (TPSA) is 62.6 Å². The molecule has 3 heterocycles. The summed E-state index contributed by atoms with van der Waals surface area (Å²) in [5, 5.41) is 5.55. The van der Waals surface area contributed by atoms with Crippen molar-refractivity contribution in [3.05, 3.63) is 68.2 Å². The van der Waals surface area contributed by atoms with Crippen LogP contribution in [-0.2, 0) is 0 Å². The molecule has 0 radical (unpaired) electrons. The highest BCUT2D eigenvalue weighted by molar-refractivity contribution is 7.10. The van der Waals surface area contributed by atoms with Crippen LogP contribution in [0.3, 0.4) is 0 Å². The highest BCUT2D eigenvalue weighted by Gasteiger charge is 2.24. The number of rotatable bonds is 5. The molecule has 1 aliphatic rings. The van der Waals surface area contributed by atoms with Crippen molar-refractivity contribution in [2.75, 3.05) is 19.6 Å². The smallest absolute Gasteiger partial charge is 0.287 e. The van der Waals surface area contributed by atoms with E-state index in [2.05, 4.69) is 21.7 Å². The first-order valence-electron chi connectivity index (χ1n) is 9.72. The second-order valence-electron chi connectivity index (χ2n) is 7.31. The molecule has 2 aromatic heterocycles. The van der Waals surface area contributed by atoms with Crippen molar-refractivity contribution >= 4 is 28.2 Å². The van der Waals surface area contributed by atoms with E-state index >= 15 is 0 Å². The quantitative estimate of drug-likeness (QED) is 0.705. The number of amides is 1. The lowest BCUT2D eigenvalue weighted by molar-refractivity contribution is 0.0899. The standard InChI is InChI=1S/C22H24N2O3S/c1-15-7-8-16-18(25)13-20(27-19(16)12-15)22(26)23-14-17(21-6-5-11-28-21)24-9-3-2-4-10-24/h5-8,11-13,17H,2-4,9-10,14H2,1H3,(H,23,26)/t17-/m1/s1. The van der Waals surface area contributed by atoms with Crippen molar-refractivity contribution in [2.45, 2.75) is 32.2 Å². The van der Waals surface area contributed by atoms with Gasteiger partial charge in [-0.05, 0) is 62.0 Å². The third-order valence-corrected chi connectivity index (χ3v) is 6.24. The fourth-order valence-electron chi connectivity index (χ4n) is 3.77. The number of thiophene rings is 1. The highest BCUT2D eigenvalue weighted by Crippen LogP contribution is 2.27. The summed E-state index contributed by atoms with van der Waals surface area (Å²) in [6.07, 6.45) is 3.64. The maximum Gasteiger partial charge on any atom is 0.287 e. The van der Waals surface area contributed by atoms with Crippen LogP contribution in [-0.4, -0.2) is 30.4 Å². The molecule has 1 aliphatic heterocycles. The number of carbonyl (C=O) groups is 1. The van der Waals surface area contributed by atoms with E-state index in [1.165, 1.54) is 30.2 Å². The second-order valence-corrected chi connectivity index (χ2v) is 8.29. The van der Waals surface area contributed by atoms with Gasteiger partial charge in [-0.15, -0.1) is 11.3 Å². The zero-order valence-electron chi connectivity index (χ0n) is 15.9. The molecule has 1 N–H and O–H groups in total. The normalized spacial score (nSPS) is 16.2. The van der Waals surface area contributed by atoms with Gasteiger partial charge in [-0.25, -0.2) is 0 Å². The lowest BCUT2D eigenvalue weighted by Crippen LogP contribution is -2.40. The van der Waals surface area contributed by atoms with Crippen LogP contribution < -0.4 is 10.7 Å². The van der Waals surface area contributed by atoms with Gasteiger partial charge in [-0.2, -0.15) is 0 Å². The molecular formula is C22H24N2O3S. The molecule has 0 aliphatic carbocycles. The summed E-state index contributed by atoms with van der Waals surface area (Å²) in [7, 11) is 0. The van der Waals surface area contributed by atoms with Gasteiger partial charge in [-0.3, -0.25) is 14.5 Å². The Kier molecular flexibility index (Phi) is 5.59. The highest BCUT2D eigenvalue weighted by atomic mass is 32.1. The van der Waals surface area contributed by atoms with Crippen molar-refractivity contribution < 1.29 is 9.21 Å². The van der Waals surface area contributed by atoms with E-state index in [1.807, 2.05) is 19.1 Å². The Morgan fingerprint density at radius 2 is 2.04 bits per heavy atom. The van der Waals surface area contributed by atoms with Crippen LogP contribution in [0.5, 0.6) is 0 Å². The van der Waals surface area contributed by atoms with E-state index in [4.69, 9.17) is 4.42 Å². The number of fused-ring (bicyclic) bond motifs is 1. The third kappa shape index (κ3) is 4.03. The van der Waals surface area contributed by atoms with E-state index in [-0.39, 0.29) is 23.1 Å². The Labute approximate surface area is 168 Å². The van der Waals surface area contributed by atoms with Gasteiger partial charge < -0.3 is 9.73 Å². The predicted molar refractivity (Wildman–Crippen MR) is 112 cm³/mol. The number of likely N-dealkylation sites (tertiary alicyclic amines) is 1. The molecule has 3 aromatic rings. The van der Waals surface area contributed by atoms with Gasteiger partial charge in [0, 0.05) is 17.5 Å². The summed E-state index contributed by atoms with van der Waals surface area (Å²) in [6.45, 7) is 4.51. The molecule has 1 saturated heterocycles. The molecule has 1 fully saturated rings. The SMILES string of the molecule is Cc1ccc2c(=O)cc(C(=O)NC[C@H](c3cccs3)N3CCCCC3)oc2c1. The lowest BCUT2D eigenvalue weighted by Gasteiger charge is -2.34. The fourth-order valence-corrected chi connectivity index (χ4v) is 4.63. The number of hydrogen-bond donors (Lipinski definition) is 1. The second kappa shape index (κ2) is 8.29. The van der Waals surface area contributed by atoms with E-state index < -0.39 is 0 Å². The average molecular weight is 397 g/mol. The largest absolute Gasteiger partial charge is 0.451 e. The first-order chi connectivity index (χ1) is 13.6. The van der Waals surface area contributed by atoms with Gasteiger partial charge >= 0.3 is 0 Å². The number of aryl methyl sites for hydroxylation is 1. The number of benzene rings is 1. The van der Waals surface area contributed by atoms with Crippen LogP contribution in [0.1, 0.15) is 46.3 Å². The van der Waals surface area contributed by atoms with E-state index in [0.29, 0.717) is 17.5 Å². The molecule has 0 saturated carbocycles. The molecule has 1 aromatic carbocycles. The summed E-state index contributed by atoms with van der Waals surface area (Å²) in [5.74, 6) is -0.286. The number of hydrogen-bond acceptors (Lipinski definition) is 5. The molecule has 0 unspecified atom stereocenters. The molecule has 1 atom stereocenters. The molecule has 1 amide bonds. The van der Waals surface area contributed by atoms with Crippen LogP contribution in [0, 0.1) is 6.92 Å². The summed E-state index contributed by atoms with van der Waals surface area (Å²) in [4.78, 5) is 28.8. The molecule has 146 valence electrons. The van der Waals surface area contributed by atoms with Crippen LogP contribution in [0.4, 0.5) is 0 Å². The van der Waals surface area contributed by atoms with Crippen molar-refractivity contribution in [2.24, 2.45) is 0 Å². The molecule has 4 rings (SSSR count). The molecule has 5 nitrogen and oxygen atoms in total. The van der Waals surface area contributed by atoms with Crippen LogP contribution in [0.25, 0.3) is 11.0 Å². The minimum absolute atomic E-state index is 0.0617. The number of nitrogens with zero attached hydrogens (tertiary/aromatic N) is 1. The number of piperidine rings is 1.